The molecule has 0 aliphatic rings. The summed E-state index contributed by atoms with van der Waals surface area (Å²) in [5.41, 5.74) is -3.41. The van der Waals surface area contributed by atoms with Gasteiger partial charge in [0.05, 0.1) is 11.1 Å². The zero-order valence-corrected chi connectivity index (χ0v) is 15.1. The molecule has 2 aromatic rings. The fourth-order valence-electron chi connectivity index (χ4n) is 2.82. The van der Waals surface area contributed by atoms with Gasteiger partial charge in [-0.3, -0.25) is 4.79 Å². The molecule has 1 nitrogen and oxygen atoms in total. The van der Waals surface area contributed by atoms with Crippen molar-refractivity contribution in [2.24, 2.45) is 0 Å². The van der Waals surface area contributed by atoms with Gasteiger partial charge in [-0.15, -0.1) is 0 Å². The van der Waals surface area contributed by atoms with Crippen LogP contribution in [-0.2, 0) is 12.4 Å². The fraction of sp³-hybridized carbons (Fsp3) is 0.278. The second-order valence-electron chi connectivity index (χ2n) is 5.95. The van der Waals surface area contributed by atoms with Gasteiger partial charge in [0.25, 0.3) is 0 Å². The first-order chi connectivity index (χ1) is 11.8. The number of alkyl halides is 6. The number of rotatable bonds is 3. The summed E-state index contributed by atoms with van der Waals surface area (Å²) in [6, 6.07) is 5.14. The summed E-state index contributed by atoms with van der Waals surface area (Å²) < 4.78 is 79.3. The van der Waals surface area contributed by atoms with Crippen LogP contribution in [0.25, 0.3) is 0 Å². The minimum atomic E-state index is -5.06. The predicted octanol–water partition coefficient (Wildman–Crippen LogP) is 5.15. The zero-order valence-electron chi connectivity index (χ0n) is 14.1. The Morgan fingerprint density at radius 2 is 1.26 bits per heavy atom. The van der Waals surface area contributed by atoms with Crippen LogP contribution in [-0.4, -0.2) is 24.4 Å². The second kappa shape index (κ2) is 8.39. The van der Waals surface area contributed by atoms with Crippen molar-refractivity contribution in [1.29, 1.82) is 0 Å². The van der Waals surface area contributed by atoms with E-state index in [1.165, 1.54) is 0 Å². The van der Waals surface area contributed by atoms with Crippen LogP contribution in [0.15, 0.2) is 30.3 Å². The standard InChI is InChI=1S/C18H15F6OP.Li.H/c1-9-7-10(2)15(11(3)8-9)26-16(25)14-12(17(19,20)21)5-4-6-13(14)18(22,23)24;;/h4-8,26H,1-3H3;;. The van der Waals surface area contributed by atoms with Gasteiger partial charge in [-0.1, -0.05) is 23.8 Å². The SMILES string of the molecule is Cc1cc(C)c(PC(=O)c2c(C(F)(F)F)cccc2C(F)(F)F)c(C)c1.[LiH]. The summed E-state index contributed by atoms with van der Waals surface area (Å²) in [5.74, 6) is 0. The molecule has 0 bridgehead atoms. The van der Waals surface area contributed by atoms with Crippen molar-refractivity contribution in [3.05, 3.63) is 63.7 Å². The van der Waals surface area contributed by atoms with Crippen molar-refractivity contribution in [3.8, 4) is 0 Å². The molecule has 0 aliphatic carbocycles. The average molecular weight is 400 g/mol. The summed E-state index contributed by atoms with van der Waals surface area (Å²) >= 11 is 0. The van der Waals surface area contributed by atoms with E-state index in [9.17, 15) is 31.1 Å². The van der Waals surface area contributed by atoms with Gasteiger partial charge in [0, 0.05) is 5.56 Å². The molecule has 0 aromatic heterocycles. The summed E-state index contributed by atoms with van der Waals surface area (Å²) in [7, 11) is -0.838. The van der Waals surface area contributed by atoms with Crippen LogP contribution in [0.5, 0.6) is 0 Å². The molecule has 0 aliphatic heterocycles. The van der Waals surface area contributed by atoms with Crippen molar-refractivity contribution in [3.63, 3.8) is 0 Å². The van der Waals surface area contributed by atoms with E-state index in [-0.39, 0.29) is 18.9 Å². The molecule has 0 saturated heterocycles. The van der Waals surface area contributed by atoms with Gasteiger partial charge in [-0.25, -0.2) is 0 Å². The molecule has 0 radical (unpaired) electrons. The van der Waals surface area contributed by atoms with Crippen LogP contribution in [0.2, 0.25) is 0 Å². The average Bonchev–Trinajstić information content (AvgIpc) is 2.48. The Balaban J connectivity index is 0.00000364. The van der Waals surface area contributed by atoms with Crippen molar-refractivity contribution >= 4 is 38.3 Å². The molecule has 0 amide bonds. The van der Waals surface area contributed by atoms with Gasteiger partial charge in [0.2, 0.25) is 0 Å². The number of hydrogen-bond acceptors (Lipinski definition) is 1. The Hall–Kier alpha value is -1.28. The van der Waals surface area contributed by atoms with Gasteiger partial charge in [-0.2, -0.15) is 26.3 Å². The topological polar surface area (TPSA) is 17.1 Å². The summed E-state index contributed by atoms with van der Waals surface area (Å²) in [4.78, 5) is 12.6. The maximum atomic E-state index is 13.2. The first-order valence-corrected chi connectivity index (χ1v) is 8.49. The van der Waals surface area contributed by atoms with E-state index < -0.39 is 43.1 Å². The van der Waals surface area contributed by atoms with Crippen molar-refractivity contribution < 1.29 is 31.1 Å². The Labute approximate surface area is 166 Å². The molecule has 0 fully saturated rings. The molecule has 9 heteroatoms. The molecular formula is C18H16F6LiOP. The van der Waals surface area contributed by atoms with E-state index in [1.807, 2.05) is 6.92 Å². The van der Waals surface area contributed by atoms with E-state index >= 15 is 0 Å². The maximum absolute atomic E-state index is 13.2. The van der Waals surface area contributed by atoms with Crippen molar-refractivity contribution in [1.82, 2.24) is 0 Å². The first-order valence-electron chi connectivity index (χ1n) is 7.49. The Kier molecular flexibility index (Phi) is 7.38. The summed E-state index contributed by atoms with van der Waals surface area (Å²) in [6.45, 7) is 5.17. The zero-order chi connectivity index (χ0) is 19.9. The third-order valence-electron chi connectivity index (χ3n) is 3.82. The Morgan fingerprint density at radius 3 is 1.63 bits per heavy atom. The molecule has 27 heavy (non-hydrogen) atoms. The van der Waals surface area contributed by atoms with Gasteiger partial charge < -0.3 is 0 Å². The third kappa shape index (κ3) is 5.37. The number of halogens is 6. The van der Waals surface area contributed by atoms with Crippen LogP contribution in [0, 0.1) is 20.8 Å². The van der Waals surface area contributed by atoms with Gasteiger partial charge in [0.1, 0.15) is 0 Å². The van der Waals surface area contributed by atoms with Crippen molar-refractivity contribution in [2.45, 2.75) is 33.1 Å². The molecule has 0 saturated carbocycles. The quantitative estimate of drug-likeness (QED) is 0.396. The number of carbonyl (C=O) groups excluding carboxylic acids is 1. The van der Waals surface area contributed by atoms with Crippen molar-refractivity contribution in [2.75, 3.05) is 0 Å². The fourth-order valence-corrected chi connectivity index (χ4v) is 3.98. The van der Waals surface area contributed by atoms with E-state index in [4.69, 9.17) is 0 Å². The van der Waals surface area contributed by atoms with Crippen LogP contribution < -0.4 is 5.30 Å². The Bertz CT molecular complexity index is 803. The molecule has 142 valence electrons. The van der Waals surface area contributed by atoms with Gasteiger partial charge >= 0.3 is 31.2 Å². The Morgan fingerprint density at radius 1 is 0.852 bits per heavy atom. The summed E-state index contributed by atoms with van der Waals surface area (Å²) in [5, 5.41) is 0.464. The number of benzene rings is 2. The molecule has 1 unspecified atom stereocenters. The second-order valence-corrected chi connectivity index (χ2v) is 7.16. The van der Waals surface area contributed by atoms with Crippen LogP contribution in [0.4, 0.5) is 26.3 Å². The number of carbonyl (C=O) groups is 1. The van der Waals surface area contributed by atoms with Crippen LogP contribution in [0.1, 0.15) is 38.2 Å². The molecule has 2 rings (SSSR count). The van der Waals surface area contributed by atoms with Gasteiger partial charge in [0.15, 0.2) is 5.52 Å². The molecule has 2 aromatic carbocycles. The van der Waals surface area contributed by atoms with E-state index in [0.29, 0.717) is 34.6 Å². The molecule has 0 spiro atoms. The first kappa shape index (κ1) is 23.8. The van der Waals surface area contributed by atoms with E-state index in [2.05, 4.69) is 0 Å². The predicted molar refractivity (Wildman–Crippen MR) is 96.5 cm³/mol. The molecule has 0 N–H and O–H groups in total. The number of aryl methyl sites for hydroxylation is 3. The third-order valence-corrected chi connectivity index (χ3v) is 5.33. The van der Waals surface area contributed by atoms with Gasteiger partial charge in [-0.05, 0) is 57.9 Å². The van der Waals surface area contributed by atoms with E-state index in [1.54, 1.807) is 26.0 Å². The monoisotopic (exact) mass is 400 g/mol. The van der Waals surface area contributed by atoms with Crippen LogP contribution in [0.3, 0.4) is 0 Å². The van der Waals surface area contributed by atoms with Crippen LogP contribution >= 0.6 is 8.58 Å². The number of hydrogen-bond donors (Lipinski definition) is 0. The molecule has 1 atom stereocenters. The molecule has 0 heterocycles. The molecular weight excluding hydrogens is 384 g/mol. The summed E-state index contributed by atoms with van der Waals surface area (Å²) in [6.07, 6.45) is -10.1. The minimum absolute atomic E-state index is 0. The van der Waals surface area contributed by atoms with E-state index in [0.717, 1.165) is 5.56 Å². The normalized spacial score (nSPS) is 12.3.